The van der Waals surface area contributed by atoms with Crippen LogP contribution in [-0.2, 0) is 22.6 Å². The van der Waals surface area contributed by atoms with Gasteiger partial charge in [0.2, 0.25) is 0 Å². The van der Waals surface area contributed by atoms with E-state index in [9.17, 15) is 9.18 Å². The zero-order valence-electron chi connectivity index (χ0n) is 14.9. The van der Waals surface area contributed by atoms with Crippen LogP contribution < -0.4 is 9.47 Å². The molecule has 0 saturated carbocycles. The number of benzene rings is 2. The first-order valence-corrected chi connectivity index (χ1v) is 9.04. The molecule has 0 spiro atoms. The Bertz CT molecular complexity index is 941. The van der Waals surface area contributed by atoms with Crippen molar-refractivity contribution in [2.75, 3.05) is 14.2 Å². The highest BCUT2D eigenvalue weighted by Crippen LogP contribution is 2.33. The van der Waals surface area contributed by atoms with Gasteiger partial charge in [-0.3, -0.25) is 4.79 Å². The summed E-state index contributed by atoms with van der Waals surface area (Å²) < 4.78 is 29.2. The Labute approximate surface area is 160 Å². The minimum atomic E-state index is -0.456. The third-order valence-electron chi connectivity index (χ3n) is 3.85. The van der Waals surface area contributed by atoms with Crippen molar-refractivity contribution in [2.45, 2.75) is 13.0 Å². The number of rotatable bonds is 7. The number of carbonyl (C=O) groups excluding carboxylic acids is 1. The Morgan fingerprint density at radius 3 is 2.63 bits per heavy atom. The molecule has 0 radical (unpaired) electrons. The average Bonchev–Trinajstić information content (AvgIpc) is 3.15. The molecule has 5 nitrogen and oxygen atoms in total. The van der Waals surface area contributed by atoms with Crippen molar-refractivity contribution in [3.05, 3.63) is 64.9 Å². The Balaban J connectivity index is 1.64. The van der Waals surface area contributed by atoms with Crippen molar-refractivity contribution in [1.82, 2.24) is 4.98 Å². The SMILES string of the molecule is COc1ccc(-c2nc(CC(=O)OCc3ccccc3F)cs2)cc1OC. The fourth-order valence-corrected chi connectivity index (χ4v) is 3.28. The molecule has 2 aromatic carbocycles. The molecule has 1 heterocycles. The van der Waals surface area contributed by atoms with Gasteiger partial charge < -0.3 is 14.2 Å². The van der Waals surface area contributed by atoms with Crippen molar-refractivity contribution in [3.63, 3.8) is 0 Å². The number of esters is 1. The van der Waals surface area contributed by atoms with Gasteiger partial charge in [0, 0.05) is 16.5 Å². The zero-order valence-corrected chi connectivity index (χ0v) is 15.7. The van der Waals surface area contributed by atoms with E-state index in [4.69, 9.17) is 14.2 Å². The lowest BCUT2D eigenvalue weighted by molar-refractivity contribution is -0.144. The third kappa shape index (κ3) is 4.62. The van der Waals surface area contributed by atoms with Crippen LogP contribution in [0, 0.1) is 5.82 Å². The number of halogens is 1. The number of carbonyl (C=O) groups is 1. The molecule has 3 rings (SSSR count). The summed E-state index contributed by atoms with van der Waals surface area (Å²) in [6.45, 7) is -0.0990. The van der Waals surface area contributed by atoms with Crippen molar-refractivity contribution in [3.8, 4) is 22.1 Å². The second-order valence-corrected chi connectivity index (χ2v) is 6.50. The standard InChI is InChI=1S/C20H18FNO4S/c1-24-17-8-7-13(9-18(17)25-2)20-22-15(12-27-20)10-19(23)26-11-14-5-3-4-6-16(14)21/h3-9,12H,10-11H2,1-2H3. The molecular formula is C20H18FNO4S. The van der Waals surface area contributed by atoms with Crippen molar-refractivity contribution in [1.29, 1.82) is 0 Å². The molecule has 7 heteroatoms. The van der Waals surface area contributed by atoms with Crippen molar-refractivity contribution in [2.24, 2.45) is 0 Å². The number of nitrogens with zero attached hydrogens (tertiary/aromatic N) is 1. The summed E-state index contributed by atoms with van der Waals surface area (Å²) in [5, 5.41) is 2.56. The van der Waals surface area contributed by atoms with Crippen LogP contribution in [0.3, 0.4) is 0 Å². The predicted molar refractivity (Wildman–Crippen MR) is 101 cm³/mol. The lowest BCUT2D eigenvalue weighted by Gasteiger charge is -2.08. The monoisotopic (exact) mass is 387 g/mol. The smallest absolute Gasteiger partial charge is 0.312 e. The maximum Gasteiger partial charge on any atom is 0.312 e. The first-order valence-electron chi connectivity index (χ1n) is 8.16. The summed E-state index contributed by atoms with van der Waals surface area (Å²) in [6, 6.07) is 11.7. The van der Waals surface area contributed by atoms with E-state index in [1.807, 2.05) is 12.1 Å². The van der Waals surface area contributed by atoms with E-state index < -0.39 is 11.8 Å². The van der Waals surface area contributed by atoms with E-state index in [2.05, 4.69) is 4.98 Å². The largest absolute Gasteiger partial charge is 0.493 e. The lowest BCUT2D eigenvalue weighted by Crippen LogP contribution is -2.09. The van der Waals surface area contributed by atoms with Gasteiger partial charge in [-0.1, -0.05) is 18.2 Å². The van der Waals surface area contributed by atoms with E-state index in [1.165, 1.54) is 17.4 Å². The first-order chi connectivity index (χ1) is 13.1. The van der Waals surface area contributed by atoms with Gasteiger partial charge in [-0.05, 0) is 24.3 Å². The van der Waals surface area contributed by atoms with Gasteiger partial charge >= 0.3 is 5.97 Å². The van der Waals surface area contributed by atoms with Crippen LogP contribution in [0.25, 0.3) is 10.6 Å². The van der Waals surface area contributed by atoms with E-state index in [0.29, 0.717) is 22.8 Å². The summed E-state index contributed by atoms with van der Waals surface area (Å²) in [7, 11) is 3.15. The minimum Gasteiger partial charge on any atom is -0.493 e. The number of thiazole rings is 1. The van der Waals surface area contributed by atoms with Gasteiger partial charge in [-0.15, -0.1) is 11.3 Å². The van der Waals surface area contributed by atoms with Gasteiger partial charge in [0.25, 0.3) is 0 Å². The predicted octanol–water partition coefficient (Wildman–Crippen LogP) is 4.25. The molecule has 0 saturated heterocycles. The minimum absolute atomic E-state index is 0.0260. The molecule has 0 aliphatic heterocycles. The van der Waals surface area contributed by atoms with Gasteiger partial charge in [0.05, 0.1) is 26.3 Å². The van der Waals surface area contributed by atoms with Crippen LogP contribution in [0.1, 0.15) is 11.3 Å². The molecule has 0 aliphatic carbocycles. The van der Waals surface area contributed by atoms with Crippen LogP contribution in [0.5, 0.6) is 11.5 Å². The van der Waals surface area contributed by atoms with E-state index in [1.54, 1.807) is 43.9 Å². The normalized spacial score (nSPS) is 10.5. The highest BCUT2D eigenvalue weighted by molar-refractivity contribution is 7.13. The lowest BCUT2D eigenvalue weighted by atomic mass is 10.2. The molecule has 0 fully saturated rings. The summed E-state index contributed by atoms with van der Waals surface area (Å²) in [4.78, 5) is 16.5. The van der Waals surface area contributed by atoms with Gasteiger partial charge in [0.1, 0.15) is 17.4 Å². The van der Waals surface area contributed by atoms with Gasteiger partial charge in [-0.25, -0.2) is 9.37 Å². The summed E-state index contributed by atoms with van der Waals surface area (Å²) in [5.41, 5.74) is 1.81. The highest BCUT2D eigenvalue weighted by atomic mass is 32.1. The summed E-state index contributed by atoms with van der Waals surface area (Å²) in [6.07, 6.45) is 0.0260. The average molecular weight is 387 g/mol. The van der Waals surface area contributed by atoms with Crippen LogP contribution in [-0.4, -0.2) is 25.2 Å². The van der Waals surface area contributed by atoms with Crippen LogP contribution in [0.15, 0.2) is 47.8 Å². The number of aromatic nitrogens is 1. The van der Waals surface area contributed by atoms with Crippen LogP contribution in [0.4, 0.5) is 4.39 Å². The molecule has 27 heavy (non-hydrogen) atoms. The summed E-state index contributed by atoms with van der Waals surface area (Å²) in [5.74, 6) is 0.392. The van der Waals surface area contributed by atoms with Crippen LogP contribution in [0.2, 0.25) is 0 Å². The second kappa shape index (κ2) is 8.64. The second-order valence-electron chi connectivity index (χ2n) is 5.64. The Hall–Kier alpha value is -2.93. The maximum atomic E-state index is 13.6. The Morgan fingerprint density at radius 2 is 1.89 bits per heavy atom. The summed E-state index contributed by atoms with van der Waals surface area (Å²) >= 11 is 1.42. The number of ether oxygens (including phenoxy) is 3. The third-order valence-corrected chi connectivity index (χ3v) is 4.79. The Kier molecular flexibility index (Phi) is 6.03. The quantitative estimate of drug-likeness (QED) is 0.567. The molecule has 0 bridgehead atoms. The molecule has 3 aromatic rings. The number of hydrogen-bond donors (Lipinski definition) is 0. The fraction of sp³-hybridized carbons (Fsp3) is 0.200. The molecule has 140 valence electrons. The topological polar surface area (TPSA) is 57.7 Å². The maximum absolute atomic E-state index is 13.6. The zero-order chi connectivity index (χ0) is 19.2. The highest BCUT2D eigenvalue weighted by Gasteiger charge is 2.13. The first kappa shape index (κ1) is 18.8. The van der Waals surface area contributed by atoms with Crippen molar-refractivity contribution < 1.29 is 23.4 Å². The molecule has 0 amide bonds. The van der Waals surface area contributed by atoms with E-state index in [0.717, 1.165) is 10.6 Å². The fourth-order valence-electron chi connectivity index (χ4n) is 2.46. The van der Waals surface area contributed by atoms with E-state index in [-0.39, 0.29) is 13.0 Å². The molecule has 0 aliphatic rings. The molecule has 0 atom stereocenters. The Morgan fingerprint density at radius 1 is 1.11 bits per heavy atom. The molecule has 1 aromatic heterocycles. The van der Waals surface area contributed by atoms with Crippen molar-refractivity contribution >= 4 is 17.3 Å². The molecular weight excluding hydrogens is 369 g/mol. The molecule has 0 unspecified atom stereocenters. The van der Waals surface area contributed by atoms with Crippen LogP contribution >= 0.6 is 11.3 Å². The molecule has 0 N–H and O–H groups in total. The number of hydrogen-bond acceptors (Lipinski definition) is 6. The van der Waals surface area contributed by atoms with E-state index >= 15 is 0 Å². The van der Waals surface area contributed by atoms with Gasteiger partial charge in [0.15, 0.2) is 11.5 Å². The number of methoxy groups -OCH3 is 2. The van der Waals surface area contributed by atoms with Gasteiger partial charge in [-0.2, -0.15) is 0 Å².